The Balaban J connectivity index is 2.26. The Morgan fingerprint density at radius 2 is 1.94 bits per heavy atom. The van der Waals surface area contributed by atoms with Crippen LogP contribution in [0, 0.1) is 5.82 Å². The molecular formula is C14H16FN3. The van der Waals surface area contributed by atoms with E-state index < -0.39 is 0 Å². The van der Waals surface area contributed by atoms with Crippen molar-refractivity contribution in [1.82, 2.24) is 4.98 Å². The third-order valence-electron chi connectivity index (χ3n) is 3.11. The van der Waals surface area contributed by atoms with Gasteiger partial charge in [0.05, 0.1) is 17.9 Å². The Hall–Kier alpha value is -2.10. The molecule has 94 valence electrons. The lowest BCUT2D eigenvalue weighted by atomic mass is 10.1. The summed E-state index contributed by atoms with van der Waals surface area (Å²) in [4.78, 5) is 6.00. The van der Waals surface area contributed by atoms with Crippen LogP contribution >= 0.6 is 0 Å². The third kappa shape index (κ3) is 2.42. The molecule has 0 radical (unpaired) electrons. The van der Waals surface area contributed by atoms with E-state index in [2.05, 4.69) is 4.98 Å². The second-order valence-electron chi connectivity index (χ2n) is 4.25. The smallest absolute Gasteiger partial charge is 0.128 e. The number of hydrogen-bond donors (Lipinski definition) is 1. The summed E-state index contributed by atoms with van der Waals surface area (Å²) < 4.78 is 13.7. The topological polar surface area (TPSA) is 42.1 Å². The molecule has 0 saturated carbocycles. The van der Waals surface area contributed by atoms with Crippen LogP contribution in [-0.2, 0) is 0 Å². The summed E-state index contributed by atoms with van der Waals surface area (Å²) >= 11 is 0. The Morgan fingerprint density at radius 1 is 1.22 bits per heavy atom. The number of hydrogen-bond acceptors (Lipinski definition) is 3. The van der Waals surface area contributed by atoms with Crippen molar-refractivity contribution in [3.63, 3.8) is 0 Å². The number of rotatable bonds is 3. The molecule has 1 heterocycles. The number of halogens is 1. The lowest BCUT2D eigenvalue weighted by molar-refractivity contribution is 0.585. The van der Waals surface area contributed by atoms with Crippen molar-refractivity contribution >= 4 is 11.5 Å². The minimum Gasteiger partial charge on any atom is -0.384 e. The van der Waals surface area contributed by atoms with Crippen LogP contribution in [0.1, 0.15) is 18.5 Å². The van der Waals surface area contributed by atoms with E-state index in [1.54, 1.807) is 24.4 Å². The van der Waals surface area contributed by atoms with Gasteiger partial charge in [0.2, 0.25) is 0 Å². The maximum atomic E-state index is 13.7. The molecule has 1 aromatic heterocycles. The molecule has 1 atom stereocenters. The molecule has 0 aliphatic heterocycles. The van der Waals surface area contributed by atoms with Gasteiger partial charge in [-0.2, -0.15) is 0 Å². The predicted octanol–water partition coefficient (Wildman–Crippen LogP) is 3.00. The van der Waals surface area contributed by atoms with E-state index in [1.165, 1.54) is 6.07 Å². The van der Waals surface area contributed by atoms with Gasteiger partial charge >= 0.3 is 0 Å². The summed E-state index contributed by atoms with van der Waals surface area (Å²) in [7, 11) is 1.91. The van der Waals surface area contributed by atoms with Gasteiger partial charge < -0.3 is 10.6 Å². The van der Waals surface area contributed by atoms with Crippen LogP contribution in [0.25, 0.3) is 0 Å². The van der Waals surface area contributed by atoms with Crippen LogP contribution < -0.4 is 10.6 Å². The third-order valence-corrected chi connectivity index (χ3v) is 3.11. The Labute approximate surface area is 106 Å². The second kappa shape index (κ2) is 5.04. The molecule has 2 rings (SSSR count). The van der Waals surface area contributed by atoms with Crippen molar-refractivity contribution in [2.45, 2.75) is 13.0 Å². The Morgan fingerprint density at radius 3 is 2.56 bits per heavy atom. The largest absolute Gasteiger partial charge is 0.384 e. The lowest BCUT2D eigenvalue weighted by Gasteiger charge is -2.27. The summed E-state index contributed by atoms with van der Waals surface area (Å²) in [6.07, 6.45) is 1.69. The molecule has 0 saturated heterocycles. The van der Waals surface area contributed by atoms with Gasteiger partial charge in [-0.25, -0.2) is 9.37 Å². The van der Waals surface area contributed by atoms with Crippen molar-refractivity contribution in [2.24, 2.45) is 0 Å². The predicted molar refractivity (Wildman–Crippen MR) is 71.9 cm³/mol. The highest BCUT2D eigenvalue weighted by Crippen LogP contribution is 2.26. The normalized spacial score (nSPS) is 12.2. The summed E-state index contributed by atoms with van der Waals surface area (Å²) in [5.41, 5.74) is 7.11. The molecule has 0 spiro atoms. The zero-order valence-electron chi connectivity index (χ0n) is 10.5. The standard InChI is InChI=1S/C14H16FN3/c1-10(12-5-3-4-6-13(12)15)18(2)11-7-8-14(16)17-9-11/h3-10H,1-2H3,(H2,16,17). The molecule has 0 aliphatic carbocycles. The van der Waals surface area contributed by atoms with Gasteiger partial charge in [0, 0.05) is 12.6 Å². The number of anilines is 2. The monoisotopic (exact) mass is 245 g/mol. The maximum Gasteiger partial charge on any atom is 0.128 e. The first kappa shape index (κ1) is 12.4. The fourth-order valence-corrected chi connectivity index (χ4v) is 1.85. The minimum atomic E-state index is -0.194. The van der Waals surface area contributed by atoms with Gasteiger partial charge in [0.25, 0.3) is 0 Å². The molecule has 0 aliphatic rings. The summed E-state index contributed by atoms with van der Waals surface area (Å²) in [6, 6.07) is 10.3. The fourth-order valence-electron chi connectivity index (χ4n) is 1.85. The fraction of sp³-hybridized carbons (Fsp3) is 0.214. The Bertz CT molecular complexity index is 525. The molecule has 4 heteroatoms. The molecule has 0 fully saturated rings. The van der Waals surface area contributed by atoms with Gasteiger partial charge in [0.1, 0.15) is 11.6 Å². The molecule has 2 aromatic rings. The maximum absolute atomic E-state index is 13.7. The van der Waals surface area contributed by atoms with Crippen molar-refractivity contribution < 1.29 is 4.39 Å². The zero-order valence-corrected chi connectivity index (χ0v) is 10.5. The van der Waals surface area contributed by atoms with Crippen LogP contribution in [0.15, 0.2) is 42.6 Å². The highest BCUT2D eigenvalue weighted by molar-refractivity contribution is 5.49. The Kier molecular flexibility index (Phi) is 3.46. The van der Waals surface area contributed by atoms with E-state index in [-0.39, 0.29) is 11.9 Å². The van der Waals surface area contributed by atoms with Crippen molar-refractivity contribution in [3.05, 3.63) is 54.0 Å². The van der Waals surface area contributed by atoms with E-state index in [1.807, 2.05) is 31.0 Å². The summed E-state index contributed by atoms with van der Waals surface area (Å²) in [5, 5.41) is 0. The SMILES string of the molecule is CC(c1ccccc1F)N(C)c1ccc(N)nc1. The van der Waals surface area contributed by atoms with E-state index in [9.17, 15) is 4.39 Å². The summed E-state index contributed by atoms with van der Waals surface area (Å²) in [6.45, 7) is 1.95. The average Bonchev–Trinajstić information content (AvgIpc) is 2.38. The van der Waals surface area contributed by atoms with E-state index in [0.717, 1.165) is 5.69 Å². The first-order valence-corrected chi connectivity index (χ1v) is 5.78. The van der Waals surface area contributed by atoms with Gasteiger partial charge in [-0.1, -0.05) is 18.2 Å². The molecule has 18 heavy (non-hydrogen) atoms. The number of pyridine rings is 1. The molecule has 1 aromatic carbocycles. The number of nitrogens with zero attached hydrogens (tertiary/aromatic N) is 2. The van der Waals surface area contributed by atoms with Crippen molar-refractivity contribution in [1.29, 1.82) is 0 Å². The molecule has 0 amide bonds. The van der Waals surface area contributed by atoms with E-state index >= 15 is 0 Å². The van der Waals surface area contributed by atoms with Crippen LogP contribution in [0.4, 0.5) is 15.9 Å². The number of benzene rings is 1. The average molecular weight is 245 g/mol. The van der Waals surface area contributed by atoms with Gasteiger partial charge in [-0.3, -0.25) is 0 Å². The highest BCUT2D eigenvalue weighted by Gasteiger charge is 2.15. The quantitative estimate of drug-likeness (QED) is 0.903. The van der Waals surface area contributed by atoms with Crippen LogP contribution in [-0.4, -0.2) is 12.0 Å². The van der Waals surface area contributed by atoms with Crippen LogP contribution in [0.2, 0.25) is 0 Å². The zero-order chi connectivity index (χ0) is 13.1. The van der Waals surface area contributed by atoms with Gasteiger partial charge in [-0.05, 0) is 25.1 Å². The van der Waals surface area contributed by atoms with Gasteiger partial charge in [-0.15, -0.1) is 0 Å². The number of nitrogens with two attached hydrogens (primary N) is 1. The highest BCUT2D eigenvalue weighted by atomic mass is 19.1. The first-order chi connectivity index (χ1) is 8.59. The molecular weight excluding hydrogens is 229 g/mol. The summed E-state index contributed by atoms with van der Waals surface area (Å²) in [5.74, 6) is 0.283. The lowest BCUT2D eigenvalue weighted by Crippen LogP contribution is -2.22. The second-order valence-corrected chi connectivity index (χ2v) is 4.25. The van der Waals surface area contributed by atoms with Crippen LogP contribution in [0.3, 0.4) is 0 Å². The van der Waals surface area contributed by atoms with Crippen LogP contribution in [0.5, 0.6) is 0 Å². The molecule has 3 nitrogen and oxygen atoms in total. The number of nitrogen functional groups attached to an aromatic ring is 1. The molecule has 0 bridgehead atoms. The van der Waals surface area contributed by atoms with E-state index in [4.69, 9.17) is 5.73 Å². The van der Waals surface area contributed by atoms with Crippen molar-refractivity contribution in [2.75, 3.05) is 17.7 Å². The molecule has 2 N–H and O–H groups in total. The van der Waals surface area contributed by atoms with E-state index in [0.29, 0.717) is 11.4 Å². The minimum absolute atomic E-state index is 0.0726. The first-order valence-electron chi connectivity index (χ1n) is 5.78. The van der Waals surface area contributed by atoms with Gasteiger partial charge in [0.15, 0.2) is 0 Å². The molecule has 1 unspecified atom stereocenters. The van der Waals surface area contributed by atoms with Crippen molar-refractivity contribution in [3.8, 4) is 0 Å². The number of aromatic nitrogens is 1.